The third kappa shape index (κ3) is 3.84. The number of nitrogens with zero attached hydrogens (tertiary/aromatic N) is 2. The largest absolute Gasteiger partial charge is 0.375 e. The van der Waals surface area contributed by atoms with Gasteiger partial charge in [-0.2, -0.15) is 0 Å². The Morgan fingerprint density at radius 2 is 1.83 bits per heavy atom. The van der Waals surface area contributed by atoms with Crippen molar-refractivity contribution >= 4 is 11.8 Å². The topological polar surface area (TPSA) is 68.3 Å². The van der Waals surface area contributed by atoms with Gasteiger partial charge in [-0.15, -0.1) is 0 Å². The van der Waals surface area contributed by atoms with E-state index in [1.807, 2.05) is 4.90 Å². The highest BCUT2D eigenvalue weighted by Crippen LogP contribution is 2.35. The summed E-state index contributed by atoms with van der Waals surface area (Å²) in [5.74, 6) is 0.0857. The highest BCUT2D eigenvalue weighted by atomic mass is 16.5. The Bertz CT molecular complexity index is 444. The number of methoxy groups -OCH3 is 1. The van der Waals surface area contributed by atoms with E-state index in [9.17, 15) is 9.59 Å². The van der Waals surface area contributed by atoms with Crippen molar-refractivity contribution in [3.63, 3.8) is 0 Å². The van der Waals surface area contributed by atoms with E-state index < -0.39 is 0 Å². The molecule has 0 N–H and O–H groups in total. The first kappa shape index (κ1) is 16.7. The van der Waals surface area contributed by atoms with Crippen molar-refractivity contribution in [2.75, 3.05) is 53.1 Å². The molecule has 1 spiro atoms. The molecule has 0 aromatic rings. The first-order chi connectivity index (χ1) is 11.1. The quantitative estimate of drug-likeness (QED) is 0.713. The van der Waals surface area contributed by atoms with Crippen LogP contribution in [0.15, 0.2) is 0 Å². The molecule has 3 fully saturated rings. The van der Waals surface area contributed by atoms with Gasteiger partial charge in [0.1, 0.15) is 18.8 Å². The smallest absolute Gasteiger partial charge is 0.248 e. The Labute approximate surface area is 136 Å². The molecule has 7 heteroatoms. The summed E-state index contributed by atoms with van der Waals surface area (Å²) >= 11 is 0. The first-order valence-electron chi connectivity index (χ1n) is 8.42. The third-order valence-electron chi connectivity index (χ3n) is 4.93. The van der Waals surface area contributed by atoms with Crippen molar-refractivity contribution in [3.05, 3.63) is 0 Å². The van der Waals surface area contributed by atoms with E-state index in [4.69, 9.17) is 14.2 Å². The number of amides is 2. The minimum Gasteiger partial charge on any atom is -0.375 e. The number of hydrogen-bond acceptors (Lipinski definition) is 5. The molecular formula is C16H26N2O5. The average Bonchev–Trinajstić information content (AvgIpc) is 3.05. The molecule has 130 valence electrons. The van der Waals surface area contributed by atoms with E-state index >= 15 is 0 Å². The predicted octanol–water partition coefficient (Wildman–Crippen LogP) is 0.0318. The number of rotatable bonds is 5. The monoisotopic (exact) mass is 326 g/mol. The zero-order chi connectivity index (χ0) is 16.3. The van der Waals surface area contributed by atoms with Crippen LogP contribution in [0, 0.1) is 0 Å². The van der Waals surface area contributed by atoms with Crippen LogP contribution in [0.25, 0.3) is 0 Å². The van der Waals surface area contributed by atoms with E-state index in [1.54, 1.807) is 4.90 Å². The molecule has 0 aromatic heterocycles. The van der Waals surface area contributed by atoms with Gasteiger partial charge in [-0.3, -0.25) is 9.59 Å². The van der Waals surface area contributed by atoms with Crippen molar-refractivity contribution in [1.29, 1.82) is 0 Å². The van der Waals surface area contributed by atoms with Crippen molar-refractivity contribution in [3.8, 4) is 0 Å². The normalized spacial score (nSPS) is 26.4. The summed E-state index contributed by atoms with van der Waals surface area (Å²) in [6, 6.07) is 0. The molecule has 3 aliphatic rings. The van der Waals surface area contributed by atoms with Gasteiger partial charge < -0.3 is 24.0 Å². The molecule has 3 aliphatic heterocycles. The van der Waals surface area contributed by atoms with Gasteiger partial charge in [-0.25, -0.2) is 0 Å². The molecule has 0 saturated carbocycles. The number of carbonyl (C=O) groups excluding carboxylic acids is 2. The molecule has 0 radical (unpaired) electrons. The molecule has 0 unspecified atom stereocenters. The molecule has 0 bridgehead atoms. The highest BCUT2D eigenvalue weighted by Gasteiger charge is 2.49. The fourth-order valence-electron chi connectivity index (χ4n) is 3.63. The average molecular weight is 326 g/mol. The molecule has 0 aliphatic carbocycles. The maximum atomic E-state index is 12.0. The SMILES string of the molecule is COCC(=O)N1CC2(C[C@H](OCC(=O)N3CCCC3)CCO2)C1. The van der Waals surface area contributed by atoms with Crippen LogP contribution in [0.3, 0.4) is 0 Å². The predicted molar refractivity (Wildman–Crippen MR) is 81.9 cm³/mol. The van der Waals surface area contributed by atoms with Gasteiger partial charge in [-0.05, 0) is 19.3 Å². The molecule has 2 amide bonds. The number of ether oxygens (including phenoxy) is 3. The Balaban J connectivity index is 1.42. The molecule has 1 atom stereocenters. The van der Waals surface area contributed by atoms with Crippen LogP contribution in [-0.2, 0) is 23.8 Å². The molecular weight excluding hydrogens is 300 g/mol. The molecule has 3 heterocycles. The Morgan fingerprint density at radius 3 is 2.52 bits per heavy atom. The van der Waals surface area contributed by atoms with Gasteiger partial charge in [0.05, 0.1) is 19.2 Å². The van der Waals surface area contributed by atoms with Crippen LogP contribution in [0.2, 0.25) is 0 Å². The Hall–Kier alpha value is -1.18. The van der Waals surface area contributed by atoms with E-state index in [-0.39, 0.29) is 36.7 Å². The lowest BCUT2D eigenvalue weighted by molar-refractivity contribution is -0.203. The first-order valence-corrected chi connectivity index (χ1v) is 8.42. The van der Waals surface area contributed by atoms with Crippen molar-refractivity contribution in [2.24, 2.45) is 0 Å². The van der Waals surface area contributed by atoms with Crippen LogP contribution < -0.4 is 0 Å². The number of carbonyl (C=O) groups is 2. The van der Waals surface area contributed by atoms with Gasteiger partial charge in [0.2, 0.25) is 11.8 Å². The molecule has 7 nitrogen and oxygen atoms in total. The van der Waals surface area contributed by atoms with Crippen molar-refractivity contribution in [1.82, 2.24) is 9.80 Å². The second-order valence-corrected chi connectivity index (χ2v) is 6.73. The summed E-state index contributed by atoms with van der Waals surface area (Å²) < 4.78 is 16.6. The Kier molecular flexibility index (Phi) is 5.18. The summed E-state index contributed by atoms with van der Waals surface area (Å²) in [4.78, 5) is 27.4. The lowest BCUT2D eigenvalue weighted by Crippen LogP contribution is -2.67. The summed E-state index contributed by atoms with van der Waals surface area (Å²) in [6.45, 7) is 3.79. The lowest BCUT2D eigenvalue weighted by Gasteiger charge is -2.52. The molecule has 0 aromatic carbocycles. The second-order valence-electron chi connectivity index (χ2n) is 6.73. The van der Waals surface area contributed by atoms with Crippen LogP contribution in [0.5, 0.6) is 0 Å². The fraction of sp³-hybridized carbons (Fsp3) is 0.875. The van der Waals surface area contributed by atoms with Gasteiger partial charge in [-0.1, -0.05) is 0 Å². The zero-order valence-corrected chi connectivity index (χ0v) is 13.8. The lowest BCUT2D eigenvalue weighted by atomic mass is 9.84. The van der Waals surface area contributed by atoms with Gasteiger partial charge in [0, 0.05) is 33.2 Å². The molecule has 23 heavy (non-hydrogen) atoms. The van der Waals surface area contributed by atoms with Crippen LogP contribution in [0.4, 0.5) is 0 Å². The molecule has 3 saturated heterocycles. The van der Waals surface area contributed by atoms with Gasteiger partial charge in [0.25, 0.3) is 0 Å². The highest BCUT2D eigenvalue weighted by molar-refractivity contribution is 5.78. The zero-order valence-electron chi connectivity index (χ0n) is 13.8. The van der Waals surface area contributed by atoms with Crippen molar-refractivity contribution in [2.45, 2.75) is 37.4 Å². The number of likely N-dealkylation sites (tertiary alicyclic amines) is 2. The summed E-state index contributed by atoms with van der Waals surface area (Å²) in [7, 11) is 1.52. The second kappa shape index (κ2) is 7.15. The van der Waals surface area contributed by atoms with Crippen LogP contribution >= 0.6 is 0 Å². The van der Waals surface area contributed by atoms with E-state index in [2.05, 4.69) is 0 Å². The van der Waals surface area contributed by atoms with E-state index in [0.29, 0.717) is 19.7 Å². The minimum atomic E-state index is -0.289. The summed E-state index contributed by atoms with van der Waals surface area (Å²) in [6.07, 6.45) is 3.78. The van der Waals surface area contributed by atoms with Crippen molar-refractivity contribution < 1.29 is 23.8 Å². The summed E-state index contributed by atoms with van der Waals surface area (Å²) in [5, 5.41) is 0. The fourth-order valence-corrected chi connectivity index (χ4v) is 3.63. The summed E-state index contributed by atoms with van der Waals surface area (Å²) in [5.41, 5.74) is -0.289. The van der Waals surface area contributed by atoms with Gasteiger partial charge in [0.15, 0.2) is 0 Å². The standard InChI is InChI=1S/C16H26N2O5/c1-21-9-14(19)18-11-16(12-18)8-13(4-7-23-16)22-10-15(20)17-5-2-3-6-17/h13H,2-12H2,1H3/t13-/m1/s1. The minimum absolute atomic E-state index is 0.00558. The number of hydrogen-bond donors (Lipinski definition) is 0. The third-order valence-corrected chi connectivity index (χ3v) is 4.93. The van der Waals surface area contributed by atoms with Crippen LogP contribution in [0.1, 0.15) is 25.7 Å². The maximum Gasteiger partial charge on any atom is 0.248 e. The Morgan fingerprint density at radius 1 is 1.13 bits per heavy atom. The van der Waals surface area contributed by atoms with E-state index in [0.717, 1.165) is 38.8 Å². The van der Waals surface area contributed by atoms with E-state index in [1.165, 1.54) is 7.11 Å². The van der Waals surface area contributed by atoms with Gasteiger partial charge >= 0.3 is 0 Å². The van der Waals surface area contributed by atoms with Crippen LogP contribution in [-0.4, -0.2) is 86.4 Å². The maximum absolute atomic E-state index is 12.0. The molecule has 3 rings (SSSR count).